The Bertz CT molecular complexity index is 709. The van der Waals surface area contributed by atoms with E-state index in [1.54, 1.807) is 14.2 Å². The van der Waals surface area contributed by atoms with Gasteiger partial charge in [-0.15, -0.1) is 0 Å². The maximum Gasteiger partial charge on any atom is 0.254 e. The van der Waals surface area contributed by atoms with Crippen molar-refractivity contribution in [3.63, 3.8) is 0 Å². The number of guanidine groups is 1. The summed E-state index contributed by atoms with van der Waals surface area (Å²) < 4.78 is 5.42. The van der Waals surface area contributed by atoms with Crippen molar-refractivity contribution in [2.24, 2.45) is 4.99 Å². The molecule has 2 N–H and O–H groups in total. The smallest absolute Gasteiger partial charge is 0.254 e. The van der Waals surface area contributed by atoms with Crippen molar-refractivity contribution >= 4 is 22.6 Å². The van der Waals surface area contributed by atoms with Gasteiger partial charge in [-0.25, -0.2) is 0 Å². The summed E-state index contributed by atoms with van der Waals surface area (Å²) in [6, 6.07) is 11.3. The summed E-state index contributed by atoms with van der Waals surface area (Å²) in [6.07, 6.45) is 0. The van der Waals surface area contributed by atoms with Crippen LogP contribution in [0.25, 0.3) is 10.8 Å². The van der Waals surface area contributed by atoms with Crippen molar-refractivity contribution in [3.05, 3.63) is 42.0 Å². The summed E-state index contributed by atoms with van der Waals surface area (Å²) in [4.78, 5) is 16.1. The molecule has 1 amide bonds. The lowest BCUT2D eigenvalue weighted by molar-refractivity contribution is -0.120. The molecule has 2 aromatic carbocycles. The van der Waals surface area contributed by atoms with E-state index in [9.17, 15) is 4.79 Å². The highest BCUT2D eigenvalue weighted by molar-refractivity contribution is 6.08. The van der Waals surface area contributed by atoms with E-state index in [4.69, 9.17) is 4.74 Å². The molecule has 5 nitrogen and oxygen atoms in total. The number of nitrogens with zero attached hydrogens (tertiary/aromatic N) is 1. The van der Waals surface area contributed by atoms with Crippen LogP contribution < -0.4 is 15.4 Å². The van der Waals surface area contributed by atoms with Crippen LogP contribution in [0.2, 0.25) is 0 Å². The molecule has 5 heteroatoms. The first-order valence-electron chi connectivity index (χ1n) is 6.34. The summed E-state index contributed by atoms with van der Waals surface area (Å²) in [6.45, 7) is 0. The third-order valence-corrected chi connectivity index (χ3v) is 3.45. The highest BCUT2D eigenvalue weighted by Crippen LogP contribution is 2.34. The number of rotatable bonds is 2. The van der Waals surface area contributed by atoms with Gasteiger partial charge in [0.1, 0.15) is 11.8 Å². The Morgan fingerprint density at radius 2 is 2.00 bits per heavy atom. The van der Waals surface area contributed by atoms with Gasteiger partial charge >= 0.3 is 0 Å². The lowest BCUT2D eigenvalue weighted by Crippen LogP contribution is -2.24. The molecular formula is C15H15N3O2. The second-order valence-electron chi connectivity index (χ2n) is 4.54. The molecule has 1 aliphatic rings. The van der Waals surface area contributed by atoms with Crippen molar-refractivity contribution in [3.8, 4) is 5.75 Å². The fourth-order valence-corrected chi connectivity index (χ4v) is 2.50. The van der Waals surface area contributed by atoms with E-state index in [1.807, 2.05) is 36.4 Å². The van der Waals surface area contributed by atoms with E-state index in [1.165, 1.54) is 0 Å². The van der Waals surface area contributed by atoms with Gasteiger partial charge in [-0.1, -0.05) is 30.3 Å². The highest BCUT2D eigenvalue weighted by atomic mass is 16.5. The summed E-state index contributed by atoms with van der Waals surface area (Å²) in [5.74, 6) is 1.05. The van der Waals surface area contributed by atoms with Crippen LogP contribution in [0.3, 0.4) is 0 Å². The van der Waals surface area contributed by atoms with E-state index in [-0.39, 0.29) is 5.91 Å². The number of carbonyl (C=O) groups excluding carboxylic acids is 1. The molecule has 102 valence electrons. The number of carbonyl (C=O) groups is 1. The Morgan fingerprint density at radius 3 is 2.70 bits per heavy atom. The van der Waals surface area contributed by atoms with Gasteiger partial charge < -0.3 is 10.1 Å². The summed E-state index contributed by atoms with van der Waals surface area (Å²) in [7, 11) is 3.24. The van der Waals surface area contributed by atoms with E-state index < -0.39 is 6.04 Å². The van der Waals surface area contributed by atoms with Crippen LogP contribution in [-0.2, 0) is 4.79 Å². The third kappa shape index (κ3) is 1.87. The van der Waals surface area contributed by atoms with Gasteiger partial charge in [0.15, 0.2) is 5.96 Å². The number of methoxy groups -OCH3 is 1. The molecule has 0 saturated carbocycles. The zero-order valence-electron chi connectivity index (χ0n) is 11.3. The average molecular weight is 269 g/mol. The number of ether oxygens (including phenoxy) is 1. The Morgan fingerprint density at radius 1 is 1.20 bits per heavy atom. The molecule has 20 heavy (non-hydrogen) atoms. The molecule has 2 aromatic rings. The SMILES string of the molecule is CN=C1NC(=O)C(c2c(OC)ccc3ccccc23)N1. The Hall–Kier alpha value is -2.56. The fraction of sp³-hybridized carbons (Fsp3) is 0.200. The van der Waals surface area contributed by atoms with Gasteiger partial charge in [0.25, 0.3) is 5.91 Å². The molecule has 0 spiro atoms. The van der Waals surface area contributed by atoms with Gasteiger partial charge in [0.2, 0.25) is 0 Å². The van der Waals surface area contributed by atoms with Crippen LogP contribution in [0.1, 0.15) is 11.6 Å². The van der Waals surface area contributed by atoms with Crippen LogP contribution in [0, 0.1) is 0 Å². The summed E-state index contributed by atoms with van der Waals surface area (Å²) in [5, 5.41) is 7.86. The maximum atomic E-state index is 12.1. The average Bonchev–Trinajstić information content (AvgIpc) is 2.86. The van der Waals surface area contributed by atoms with E-state index in [2.05, 4.69) is 15.6 Å². The molecule has 1 atom stereocenters. The van der Waals surface area contributed by atoms with Gasteiger partial charge in [0, 0.05) is 12.6 Å². The molecule has 3 rings (SSSR count). The van der Waals surface area contributed by atoms with Gasteiger partial charge in [-0.05, 0) is 16.8 Å². The van der Waals surface area contributed by atoms with Crippen LogP contribution in [0.4, 0.5) is 0 Å². The molecule has 1 fully saturated rings. The highest BCUT2D eigenvalue weighted by Gasteiger charge is 2.32. The standard InChI is InChI=1S/C15H15N3O2/c1-16-15-17-13(14(19)18-15)12-10-6-4-3-5-9(10)7-8-11(12)20-2/h3-8,13H,1-2H3,(H2,16,17,18,19). The minimum Gasteiger partial charge on any atom is -0.496 e. The topological polar surface area (TPSA) is 62.7 Å². The zero-order chi connectivity index (χ0) is 14.1. The quantitative estimate of drug-likeness (QED) is 0.870. The van der Waals surface area contributed by atoms with Gasteiger partial charge in [-0.2, -0.15) is 0 Å². The lowest BCUT2D eigenvalue weighted by atomic mass is 9.97. The fourth-order valence-electron chi connectivity index (χ4n) is 2.50. The first-order valence-corrected chi connectivity index (χ1v) is 6.34. The van der Waals surface area contributed by atoms with Gasteiger partial charge in [0.05, 0.1) is 7.11 Å². The van der Waals surface area contributed by atoms with Crippen molar-refractivity contribution < 1.29 is 9.53 Å². The molecule has 0 aliphatic carbocycles. The largest absolute Gasteiger partial charge is 0.496 e. The van der Waals surface area contributed by atoms with Crippen molar-refractivity contribution in [2.45, 2.75) is 6.04 Å². The molecule has 1 heterocycles. The predicted molar refractivity (Wildman–Crippen MR) is 77.9 cm³/mol. The minimum absolute atomic E-state index is 0.125. The van der Waals surface area contributed by atoms with Crippen LogP contribution in [0.5, 0.6) is 5.75 Å². The van der Waals surface area contributed by atoms with E-state index in [0.29, 0.717) is 11.7 Å². The number of hydrogen-bond acceptors (Lipinski definition) is 3. The molecule has 0 bridgehead atoms. The Balaban J connectivity index is 2.21. The number of benzene rings is 2. The first kappa shape index (κ1) is 12.5. The monoisotopic (exact) mass is 269 g/mol. The normalized spacial score (nSPS) is 20.0. The number of nitrogens with one attached hydrogen (secondary N) is 2. The minimum atomic E-state index is -0.491. The number of fused-ring (bicyclic) bond motifs is 1. The molecule has 0 aromatic heterocycles. The molecule has 1 saturated heterocycles. The number of hydrogen-bond donors (Lipinski definition) is 2. The van der Waals surface area contributed by atoms with Crippen LogP contribution in [-0.4, -0.2) is 26.0 Å². The van der Waals surface area contributed by atoms with Gasteiger partial charge in [-0.3, -0.25) is 15.1 Å². The second-order valence-corrected chi connectivity index (χ2v) is 4.54. The lowest BCUT2D eigenvalue weighted by Gasteiger charge is -2.16. The van der Waals surface area contributed by atoms with E-state index in [0.717, 1.165) is 16.3 Å². The number of aliphatic imine (C=N–C) groups is 1. The number of amides is 1. The maximum absolute atomic E-state index is 12.1. The second kappa shape index (κ2) is 4.85. The Labute approximate surface area is 116 Å². The van der Waals surface area contributed by atoms with Crippen LogP contribution >= 0.6 is 0 Å². The van der Waals surface area contributed by atoms with E-state index >= 15 is 0 Å². The summed E-state index contributed by atoms with van der Waals surface area (Å²) >= 11 is 0. The third-order valence-electron chi connectivity index (χ3n) is 3.45. The zero-order valence-corrected chi connectivity index (χ0v) is 11.3. The van der Waals surface area contributed by atoms with Crippen molar-refractivity contribution in [2.75, 3.05) is 14.2 Å². The molecule has 1 aliphatic heterocycles. The van der Waals surface area contributed by atoms with Crippen molar-refractivity contribution in [1.82, 2.24) is 10.6 Å². The Kier molecular flexibility index (Phi) is 3.02. The van der Waals surface area contributed by atoms with Crippen molar-refractivity contribution in [1.29, 1.82) is 0 Å². The molecular weight excluding hydrogens is 254 g/mol. The van der Waals surface area contributed by atoms with Crippen LogP contribution in [0.15, 0.2) is 41.4 Å². The molecule has 0 radical (unpaired) electrons. The predicted octanol–water partition coefficient (Wildman–Crippen LogP) is 1.59. The molecule has 1 unspecified atom stereocenters. The first-order chi connectivity index (χ1) is 9.74. The summed E-state index contributed by atoms with van der Waals surface area (Å²) in [5.41, 5.74) is 0.835.